The molecule has 4 rings (SSSR count). The third kappa shape index (κ3) is 2.68. The maximum Gasteiger partial charge on any atom is 0.282 e. The molecule has 0 spiro atoms. The second kappa shape index (κ2) is 6.35. The zero-order chi connectivity index (χ0) is 16.6. The first-order chi connectivity index (χ1) is 11.7. The number of piperidine rings is 1. The van der Waals surface area contributed by atoms with Gasteiger partial charge in [-0.05, 0) is 30.5 Å². The number of rotatable bonds is 3. The van der Waals surface area contributed by atoms with E-state index in [9.17, 15) is 8.42 Å². The molecule has 0 bridgehead atoms. The van der Waals surface area contributed by atoms with Crippen LogP contribution in [0.3, 0.4) is 0 Å². The summed E-state index contributed by atoms with van der Waals surface area (Å²) >= 11 is 0. The third-order valence-electron chi connectivity index (χ3n) is 5.05. The maximum atomic E-state index is 13.3. The monoisotopic (exact) mass is 345 g/mol. The Morgan fingerprint density at radius 2 is 1.58 bits per heavy atom. The highest BCUT2D eigenvalue weighted by Gasteiger charge is 2.39. The van der Waals surface area contributed by atoms with E-state index >= 15 is 0 Å². The molecule has 2 aromatic rings. The number of aromatic nitrogens is 1. The van der Waals surface area contributed by atoms with Gasteiger partial charge in [0, 0.05) is 38.1 Å². The van der Waals surface area contributed by atoms with Crippen molar-refractivity contribution in [1.29, 1.82) is 0 Å². The minimum absolute atomic E-state index is 0.248. The van der Waals surface area contributed by atoms with Crippen molar-refractivity contribution in [1.82, 2.24) is 13.2 Å². The lowest BCUT2D eigenvalue weighted by atomic mass is 10.0. The summed E-state index contributed by atoms with van der Waals surface area (Å²) in [6.45, 7) is 2.50. The van der Waals surface area contributed by atoms with Gasteiger partial charge in [-0.1, -0.05) is 36.8 Å². The van der Waals surface area contributed by atoms with E-state index in [0.29, 0.717) is 26.2 Å². The number of hydrogen-bond acceptors (Lipinski definition) is 2. The van der Waals surface area contributed by atoms with Gasteiger partial charge in [-0.15, -0.1) is 0 Å². The molecular weight excluding hydrogens is 322 g/mol. The molecule has 2 aliphatic heterocycles. The van der Waals surface area contributed by atoms with Gasteiger partial charge < -0.3 is 4.57 Å². The van der Waals surface area contributed by atoms with Gasteiger partial charge in [0.25, 0.3) is 10.2 Å². The molecule has 1 aromatic heterocycles. The molecule has 3 heterocycles. The summed E-state index contributed by atoms with van der Waals surface area (Å²) in [5.41, 5.74) is 2.07. The first kappa shape index (κ1) is 15.9. The Morgan fingerprint density at radius 1 is 0.833 bits per heavy atom. The second-order valence-electron chi connectivity index (χ2n) is 6.52. The molecule has 1 atom stereocenters. The zero-order valence-electron chi connectivity index (χ0n) is 13.7. The molecule has 0 N–H and O–H groups in total. The van der Waals surface area contributed by atoms with Crippen molar-refractivity contribution in [3.8, 4) is 0 Å². The predicted molar refractivity (Wildman–Crippen MR) is 93.8 cm³/mol. The second-order valence-corrected chi connectivity index (χ2v) is 8.40. The summed E-state index contributed by atoms with van der Waals surface area (Å²) in [6, 6.07) is 13.7. The maximum absolute atomic E-state index is 13.3. The molecule has 128 valence electrons. The van der Waals surface area contributed by atoms with Crippen LogP contribution in [0.1, 0.15) is 36.6 Å². The molecule has 1 saturated heterocycles. The fourth-order valence-electron chi connectivity index (χ4n) is 3.83. The van der Waals surface area contributed by atoms with E-state index in [2.05, 4.69) is 4.57 Å². The van der Waals surface area contributed by atoms with E-state index in [1.165, 1.54) is 0 Å². The van der Waals surface area contributed by atoms with Crippen LogP contribution in [0.15, 0.2) is 48.7 Å². The SMILES string of the molecule is O=S(=O)(N1CCCCC1)N1CCn2cccc2C1c1ccccc1. The Morgan fingerprint density at radius 3 is 2.33 bits per heavy atom. The van der Waals surface area contributed by atoms with Gasteiger partial charge in [0.2, 0.25) is 0 Å². The minimum atomic E-state index is -3.45. The topological polar surface area (TPSA) is 45.6 Å². The van der Waals surface area contributed by atoms with Crippen LogP contribution in [-0.2, 0) is 16.8 Å². The van der Waals surface area contributed by atoms with E-state index < -0.39 is 10.2 Å². The summed E-state index contributed by atoms with van der Waals surface area (Å²) in [5.74, 6) is 0. The average molecular weight is 345 g/mol. The van der Waals surface area contributed by atoms with Crippen LogP contribution in [0.2, 0.25) is 0 Å². The van der Waals surface area contributed by atoms with Gasteiger partial charge in [0.05, 0.1) is 6.04 Å². The van der Waals surface area contributed by atoms with Crippen LogP contribution in [0.5, 0.6) is 0 Å². The van der Waals surface area contributed by atoms with Crippen LogP contribution in [0.25, 0.3) is 0 Å². The molecule has 0 radical (unpaired) electrons. The van der Waals surface area contributed by atoms with E-state index in [1.807, 2.05) is 48.7 Å². The van der Waals surface area contributed by atoms with Gasteiger partial charge in [-0.25, -0.2) is 0 Å². The summed E-state index contributed by atoms with van der Waals surface area (Å²) in [4.78, 5) is 0. The number of fused-ring (bicyclic) bond motifs is 1. The van der Waals surface area contributed by atoms with E-state index in [4.69, 9.17) is 0 Å². The molecule has 24 heavy (non-hydrogen) atoms. The van der Waals surface area contributed by atoms with Crippen LogP contribution in [-0.4, -0.2) is 41.2 Å². The highest BCUT2D eigenvalue weighted by atomic mass is 32.2. The number of nitrogens with zero attached hydrogens (tertiary/aromatic N) is 3. The fraction of sp³-hybridized carbons (Fsp3) is 0.444. The van der Waals surface area contributed by atoms with Crippen LogP contribution < -0.4 is 0 Å². The first-order valence-corrected chi connectivity index (χ1v) is 10.0. The molecule has 2 aliphatic rings. The molecular formula is C18H23N3O2S. The lowest BCUT2D eigenvalue weighted by molar-refractivity contribution is 0.254. The normalized spacial score (nSPS) is 23.1. The zero-order valence-corrected chi connectivity index (χ0v) is 14.5. The van der Waals surface area contributed by atoms with E-state index in [1.54, 1.807) is 8.61 Å². The molecule has 1 unspecified atom stereocenters. The molecule has 6 heteroatoms. The Hall–Kier alpha value is -1.63. The Bertz CT molecular complexity index is 795. The molecule has 5 nitrogen and oxygen atoms in total. The number of benzene rings is 1. The van der Waals surface area contributed by atoms with Crippen LogP contribution in [0.4, 0.5) is 0 Å². The van der Waals surface area contributed by atoms with Crippen LogP contribution >= 0.6 is 0 Å². The van der Waals surface area contributed by atoms with Crippen molar-refractivity contribution >= 4 is 10.2 Å². The summed E-state index contributed by atoms with van der Waals surface area (Å²) in [5, 5.41) is 0. The van der Waals surface area contributed by atoms with E-state index in [0.717, 1.165) is 30.5 Å². The van der Waals surface area contributed by atoms with Gasteiger partial charge in [0.15, 0.2) is 0 Å². The molecule has 0 amide bonds. The van der Waals surface area contributed by atoms with Gasteiger partial charge in [-0.3, -0.25) is 0 Å². The molecule has 0 aliphatic carbocycles. The Kier molecular flexibility index (Phi) is 4.20. The van der Waals surface area contributed by atoms with Gasteiger partial charge in [0.1, 0.15) is 0 Å². The van der Waals surface area contributed by atoms with Crippen molar-refractivity contribution in [2.45, 2.75) is 31.8 Å². The van der Waals surface area contributed by atoms with Gasteiger partial charge in [-0.2, -0.15) is 17.0 Å². The average Bonchev–Trinajstić information content (AvgIpc) is 3.11. The highest BCUT2D eigenvalue weighted by Crippen LogP contribution is 2.35. The Labute approximate surface area is 143 Å². The van der Waals surface area contributed by atoms with Gasteiger partial charge >= 0.3 is 0 Å². The Balaban J connectivity index is 1.76. The van der Waals surface area contributed by atoms with Crippen molar-refractivity contribution in [2.75, 3.05) is 19.6 Å². The predicted octanol–water partition coefficient (Wildman–Crippen LogP) is 2.62. The first-order valence-electron chi connectivity index (χ1n) is 8.65. The van der Waals surface area contributed by atoms with Crippen molar-refractivity contribution < 1.29 is 8.42 Å². The highest BCUT2D eigenvalue weighted by molar-refractivity contribution is 7.86. The number of hydrogen-bond donors (Lipinski definition) is 0. The van der Waals surface area contributed by atoms with E-state index in [-0.39, 0.29) is 6.04 Å². The summed E-state index contributed by atoms with van der Waals surface area (Å²) in [6.07, 6.45) is 5.08. The molecule has 1 fully saturated rings. The summed E-state index contributed by atoms with van der Waals surface area (Å²) < 4.78 is 32.1. The largest absolute Gasteiger partial charge is 0.348 e. The molecule has 0 saturated carbocycles. The van der Waals surface area contributed by atoms with Crippen molar-refractivity contribution in [2.24, 2.45) is 0 Å². The lowest BCUT2D eigenvalue weighted by Crippen LogP contribution is -2.50. The summed E-state index contributed by atoms with van der Waals surface area (Å²) in [7, 11) is -3.45. The van der Waals surface area contributed by atoms with Crippen molar-refractivity contribution in [3.05, 3.63) is 59.9 Å². The fourth-order valence-corrected chi connectivity index (χ4v) is 5.65. The lowest BCUT2D eigenvalue weighted by Gasteiger charge is -2.40. The van der Waals surface area contributed by atoms with Crippen LogP contribution in [0, 0.1) is 0 Å². The van der Waals surface area contributed by atoms with Crippen molar-refractivity contribution in [3.63, 3.8) is 0 Å². The quantitative estimate of drug-likeness (QED) is 0.858. The smallest absolute Gasteiger partial charge is 0.282 e. The third-order valence-corrected chi connectivity index (χ3v) is 7.05. The standard InChI is InChI=1S/C18H23N3O2S/c22-24(23,20-12-5-2-6-13-20)21-15-14-19-11-7-10-17(19)18(21)16-8-3-1-4-9-16/h1,3-4,7-11,18H,2,5-6,12-15H2. The molecule has 1 aromatic carbocycles. The minimum Gasteiger partial charge on any atom is -0.348 e.